The van der Waals surface area contributed by atoms with Gasteiger partial charge in [-0.25, -0.2) is 0 Å². The van der Waals surface area contributed by atoms with Crippen LogP contribution >= 0.6 is 11.6 Å². The van der Waals surface area contributed by atoms with E-state index in [0.29, 0.717) is 41.2 Å². The molecular formula is C17H23ClN2O3. The van der Waals surface area contributed by atoms with Crippen molar-refractivity contribution in [2.24, 2.45) is 5.92 Å². The molecule has 23 heavy (non-hydrogen) atoms. The summed E-state index contributed by atoms with van der Waals surface area (Å²) in [6.07, 6.45) is 0.895. The summed E-state index contributed by atoms with van der Waals surface area (Å²) < 4.78 is 11.0. The van der Waals surface area contributed by atoms with Crippen molar-refractivity contribution in [3.05, 3.63) is 22.7 Å². The van der Waals surface area contributed by atoms with Crippen molar-refractivity contribution in [3.8, 4) is 17.6 Å². The lowest BCUT2D eigenvalue weighted by Crippen LogP contribution is -2.31. The van der Waals surface area contributed by atoms with Gasteiger partial charge < -0.3 is 14.4 Å². The van der Waals surface area contributed by atoms with E-state index in [4.69, 9.17) is 26.3 Å². The predicted molar refractivity (Wildman–Crippen MR) is 90.1 cm³/mol. The molecule has 5 nitrogen and oxygen atoms in total. The third-order valence-corrected chi connectivity index (χ3v) is 3.63. The topological polar surface area (TPSA) is 62.6 Å². The first-order valence-corrected chi connectivity index (χ1v) is 7.98. The molecule has 1 aromatic carbocycles. The molecule has 1 aromatic rings. The van der Waals surface area contributed by atoms with E-state index in [9.17, 15) is 4.79 Å². The molecule has 0 saturated heterocycles. The van der Waals surface area contributed by atoms with Crippen molar-refractivity contribution in [1.82, 2.24) is 4.90 Å². The highest BCUT2D eigenvalue weighted by molar-refractivity contribution is 6.32. The van der Waals surface area contributed by atoms with Gasteiger partial charge in [0.15, 0.2) is 11.5 Å². The van der Waals surface area contributed by atoms with Crippen molar-refractivity contribution in [1.29, 1.82) is 5.26 Å². The van der Waals surface area contributed by atoms with E-state index in [1.165, 1.54) is 12.0 Å². The van der Waals surface area contributed by atoms with Crippen LogP contribution in [0, 0.1) is 17.2 Å². The van der Waals surface area contributed by atoms with Gasteiger partial charge in [-0.2, -0.15) is 5.26 Å². The second-order valence-corrected chi connectivity index (χ2v) is 5.91. The highest BCUT2D eigenvalue weighted by atomic mass is 35.5. The Labute approximate surface area is 142 Å². The van der Waals surface area contributed by atoms with Crippen LogP contribution in [0.1, 0.15) is 37.6 Å². The lowest BCUT2D eigenvalue weighted by molar-refractivity contribution is 0.0783. The molecule has 0 heterocycles. The maximum absolute atomic E-state index is 12.4. The van der Waals surface area contributed by atoms with E-state index >= 15 is 0 Å². The molecule has 0 radical (unpaired) electrons. The Balaban J connectivity index is 3.03. The summed E-state index contributed by atoms with van der Waals surface area (Å²) in [6.45, 7) is 7.03. The number of benzene rings is 1. The summed E-state index contributed by atoms with van der Waals surface area (Å²) in [7, 11) is 1.50. The molecule has 0 fully saturated rings. The van der Waals surface area contributed by atoms with Gasteiger partial charge in [0.25, 0.3) is 5.91 Å². The number of carbonyl (C=O) groups excluding carboxylic acids is 1. The number of hydrogen-bond donors (Lipinski definition) is 0. The Morgan fingerprint density at radius 1 is 1.43 bits per heavy atom. The fourth-order valence-electron chi connectivity index (χ4n) is 1.98. The Bertz CT molecular complexity index is 582. The van der Waals surface area contributed by atoms with Gasteiger partial charge >= 0.3 is 0 Å². The lowest BCUT2D eigenvalue weighted by Gasteiger charge is -2.19. The van der Waals surface area contributed by atoms with Crippen molar-refractivity contribution < 1.29 is 14.3 Å². The predicted octanol–water partition coefficient (Wildman–Crippen LogP) is 3.76. The van der Waals surface area contributed by atoms with Gasteiger partial charge in [-0.05, 0) is 31.4 Å². The summed E-state index contributed by atoms with van der Waals surface area (Å²) in [5, 5.41) is 9.11. The molecule has 0 aliphatic heterocycles. The highest BCUT2D eigenvalue weighted by Crippen LogP contribution is 2.37. The third kappa shape index (κ3) is 5.33. The number of amides is 1. The minimum atomic E-state index is -0.261. The molecule has 0 aliphatic rings. The van der Waals surface area contributed by atoms with Crippen molar-refractivity contribution in [2.45, 2.75) is 27.2 Å². The first-order valence-electron chi connectivity index (χ1n) is 7.61. The quantitative estimate of drug-likeness (QED) is 0.677. The Morgan fingerprint density at radius 2 is 2.13 bits per heavy atom. The molecule has 0 N–H and O–H groups in total. The summed E-state index contributed by atoms with van der Waals surface area (Å²) in [4.78, 5) is 13.9. The molecule has 1 amide bonds. The van der Waals surface area contributed by atoms with Crippen LogP contribution in [-0.2, 0) is 0 Å². The molecule has 0 saturated carbocycles. The van der Waals surface area contributed by atoms with Gasteiger partial charge in [0.1, 0.15) is 6.54 Å². The first-order chi connectivity index (χ1) is 10.9. The number of rotatable bonds is 8. The first kappa shape index (κ1) is 19.1. The number of hydrogen-bond acceptors (Lipinski definition) is 4. The van der Waals surface area contributed by atoms with Gasteiger partial charge in [-0.3, -0.25) is 4.79 Å². The molecule has 0 aromatic heterocycles. The van der Waals surface area contributed by atoms with Gasteiger partial charge in [0.05, 0.1) is 24.8 Å². The Morgan fingerprint density at radius 3 is 2.65 bits per heavy atom. The maximum Gasteiger partial charge on any atom is 0.254 e. The van der Waals surface area contributed by atoms with Gasteiger partial charge in [0, 0.05) is 12.1 Å². The fraction of sp³-hybridized carbons (Fsp3) is 0.529. The number of nitrogens with zero attached hydrogens (tertiary/aromatic N) is 2. The minimum Gasteiger partial charge on any atom is -0.493 e. The maximum atomic E-state index is 12.4. The van der Waals surface area contributed by atoms with Crippen molar-refractivity contribution >= 4 is 17.5 Å². The third-order valence-electron chi connectivity index (χ3n) is 3.35. The summed E-state index contributed by atoms with van der Waals surface area (Å²) in [5.74, 6) is 1.11. The summed E-state index contributed by atoms with van der Waals surface area (Å²) in [5.41, 5.74) is 0.375. The molecule has 0 unspecified atom stereocenters. The Hall–Kier alpha value is -1.93. The number of nitriles is 1. The highest BCUT2D eigenvalue weighted by Gasteiger charge is 2.19. The van der Waals surface area contributed by atoms with E-state index < -0.39 is 0 Å². The van der Waals surface area contributed by atoms with Crippen LogP contribution in [0.15, 0.2) is 12.1 Å². The van der Waals surface area contributed by atoms with Crippen LogP contribution in [0.4, 0.5) is 0 Å². The zero-order chi connectivity index (χ0) is 17.4. The van der Waals surface area contributed by atoms with Crippen LogP contribution in [0.25, 0.3) is 0 Å². The van der Waals surface area contributed by atoms with Gasteiger partial charge in [0.2, 0.25) is 0 Å². The zero-order valence-electron chi connectivity index (χ0n) is 14.1. The second-order valence-electron chi connectivity index (χ2n) is 5.50. The lowest BCUT2D eigenvalue weighted by atomic mass is 10.1. The van der Waals surface area contributed by atoms with Crippen molar-refractivity contribution in [3.63, 3.8) is 0 Å². The molecule has 0 spiro atoms. The van der Waals surface area contributed by atoms with E-state index in [1.807, 2.05) is 13.0 Å². The average Bonchev–Trinajstić information content (AvgIpc) is 2.52. The van der Waals surface area contributed by atoms with Gasteiger partial charge in [-0.15, -0.1) is 0 Å². The normalized spacial score (nSPS) is 10.3. The summed E-state index contributed by atoms with van der Waals surface area (Å²) >= 11 is 6.26. The molecule has 126 valence electrons. The monoisotopic (exact) mass is 338 g/mol. The number of halogens is 1. The van der Waals surface area contributed by atoms with E-state index in [1.54, 1.807) is 12.1 Å². The van der Waals surface area contributed by atoms with Crippen LogP contribution in [-0.4, -0.2) is 37.6 Å². The second kappa shape index (κ2) is 9.26. The Kier molecular flexibility index (Phi) is 7.70. The SMILES string of the molecule is CCN(CC#N)C(=O)c1cc(Cl)c(OCCC(C)C)c(OC)c1. The smallest absolute Gasteiger partial charge is 0.254 e. The van der Waals surface area contributed by atoms with Crippen molar-refractivity contribution in [2.75, 3.05) is 26.8 Å². The summed E-state index contributed by atoms with van der Waals surface area (Å²) in [6, 6.07) is 5.13. The molecular weight excluding hydrogens is 316 g/mol. The number of methoxy groups -OCH3 is 1. The number of carbonyl (C=O) groups is 1. The standard InChI is InChI=1S/C17H23ClN2O3/c1-5-20(8-7-19)17(21)13-10-14(18)16(15(11-13)22-4)23-9-6-12(2)3/h10-12H,5-6,8-9H2,1-4H3. The molecule has 1 rings (SSSR count). The van der Waals surface area contributed by atoms with Crippen LogP contribution in [0.5, 0.6) is 11.5 Å². The van der Waals surface area contributed by atoms with Crippen LogP contribution < -0.4 is 9.47 Å². The average molecular weight is 339 g/mol. The van der Waals surface area contributed by atoms with E-state index in [0.717, 1.165) is 6.42 Å². The molecule has 0 aliphatic carbocycles. The zero-order valence-corrected chi connectivity index (χ0v) is 14.8. The fourth-order valence-corrected chi connectivity index (χ4v) is 2.24. The minimum absolute atomic E-state index is 0.0297. The number of ether oxygens (including phenoxy) is 2. The molecule has 0 atom stereocenters. The largest absolute Gasteiger partial charge is 0.493 e. The van der Waals surface area contributed by atoms with E-state index in [2.05, 4.69) is 13.8 Å². The van der Waals surface area contributed by atoms with Crippen LogP contribution in [0.3, 0.4) is 0 Å². The molecule has 0 bridgehead atoms. The molecule has 6 heteroatoms. The van der Waals surface area contributed by atoms with Gasteiger partial charge in [-0.1, -0.05) is 25.4 Å². The van der Waals surface area contributed by atoms with Crippen LogP contribution in [0.2, 0.25) is 5.02 Å². The van der Waals surface area contributed by atoms with E-state index in [-0.39, 0.29) is 12.5 Å².